The van der Waals surface area contributed by atoms with Gasteiger partial charge in [-0.05, 0) is 25.3 Å². The molecule has 1 aliphatic rings. The molecular formula is C9H18N2. The van der Waals surface area contributed by atoms with E-state index in [4.69, 9.17) is 5.73 Å². The van der Waals surface area contributed by atoms with Gasteiger partial charge < -0.3 is 11.1 Å². The van der Waals surface area contributed by atoms with Gasteiger partial charge in [-0.2, -0.15) is 0 Å². The van der Waals surface area contributed by atoms with Crippen molar-refractivity contribution in [2.24, 2.45) is 11.7 Å². The van der Waals surface area contributed by atoms with Crippen LogP contribution in [0.3, 0.4) is 0 Å². The van der Waals surface area contributed by atoms with E-state index in [1.165, 1.54) is 6.42 Å². The van der Waals surface area contributed by atoms with Crippen molar-refractivity contribution in [2.75, 3.05) is 13.1 Å². The molecule has 0 radical (unpaired) electrons. The standard InChI is InChI=1S/C9H18N2/c1-2-5-11-7-8-3-4-9(10)6-8/h3-4,8-9,11H,2,5-7,10H2,1H3. The lowest BCUT2D eigenvalue weighted by Crippen LogP contribution is -2.24. The summed E-state index contributed by atoms with van der Waals surface area (Å²) in [6, 6.07) is 0.309. The lowest BCUT2D eigenvalue weighted by Gasteiger charge is -2.09. The Hall–Kier alpha value is -0.340. The van der Waals surface area contributed by atoms with Crippen LogP contribution in [0.4, 0.5) is 0 Å². The Morgan fingerprint density at radius 3 is 2.91 bits per heavy atom. The summed E-state index contributed by atoms with van der Waals surface area (Å²) in [5, 5.41) is 3.39. The first-order chi connectivity index (χ1) is 5.33. The summed E-state index contributed by atoms with van der Waals surface area (Å²) < 4.78 is 0. The number of nitrogens with two attached hydrogens (primary N) is 1. The molecule has 64 valence electrons. The van der Waals surface area contributed by atoms with Gasteiger partial charge in [-0.15, -0.1) is 0 Å². The van der Waals surface area contributed by atoms with Gasteiger partial charge in [0.15, 0.2) is 0 Å². The predicted octanol–water partition coefficient (Wildman–Crippen LogP) is 0.889. The molecular weight excluding hydrogens is 136 g/mol. The van der Waals surface area contributed by atoms with Crippen LogP contribution in [0.15, 0.2) is 12.2 Å². The van der Waals surface area contributed by atoms with Gasteiger partial charge in [-0.25, -0.2) is 0 Å². The molecule has 0 spiro atoms. The Morgan fingerprint density at radius 1 is 1.55 bits per heavy atom. The van der Waals surface area contributed by atoms with E-state index in [2.05, 4.69) is 24.4 Å². The smallest absolute Gasteiger partial charge is 0.0229 e. The van der Waals surface area contributed by atoms with E-state index in [1.807, 2.05) is 0 Å². The summed E-state index contributed by atoms with van der Waals surface area (Å²) in [6.45, 7) is 4.40. The molecule has 2 atom stereocenters. The maximum absolute atomic E-state index is 5.71. The highest BCUT2D eigenvalue weighted by Gasteiger charge is 2.13. The SMILES string of the molecule is CCCNCC1C=CC(N)C1. The van der Waals surface area contributed by atoms with E-state index in [1.54, 1.807) is 0 Å². The largest absolute Gasteiger partial charge is 0.324 e. The van der Waals surface area contributed by atoms with Crippen molar-refractivity contribution >= 4 is 0 Å². The molecule has 2 unspecified atom stereocenters. The first-order valence-corrected chi connectivity index (χ1v) is 4.47. The summed E-state index contributed by atoms with van der Waals surface area (Å²) in [7, 11) is 0. The zero-order valence-corrected chi connectivity index (χ0v) is 7.22. The molecule has 0 fully saturated rings. The second kappa shape index (κ2) is 4.52. The van der Waals surface area contributed by atoms with E-state index in [-0.39, 0.29) is 0 Å². The lowest BCUT2D eigenvalue weighted by atomic mass is 10.1. The molecule has 0 heterocycles. The molecule has 0 aliphatic heterocycles. The van der Waals surface area contributed by atoms with Crippen molar-refractivity contribution in [3.05, 3.63) is 12.2 Å². The van der Waals surface area contributed by atoms with Crippen LogP contribution in [0.2, 0.25) is 0 Å². The fraction of sp³-hybridized carbons (Fsp3) is 0.778. The molecule has 0 aromatic rings. The van der Waals surface area contributed by atoms with Crippen molar-refractivity contribution in [3.8, 4) is 0 Å². The fourth-order valence-corrected chi connectivity index (χ4v) is 1.42. The molecule has 0 bridgehead atoms. The number of hydrogen-bond acceptors (Lipinski definition) is 2. The first kappa shape index (κ1) is 8.75. The number of nitrogens with one attached hydrogen (secondary N) is 1. The monoisotopic (exact) mass is 154 g/mol. The van der Waals surface area contributed by atoms with E-state index >= 15 is 0 Å². The molecule has 0 amide bonds. The van der Waals surface area contributed by atoms with Crippen LogP contribution < -0.4 is 11.1 Å². The first-order valence-electron chi connectivity index (χ1n) is 4.47. The summed E-state index contributed by atoms with van der Waals surface area (Å²) in [4.78, 5) is 0. The van der Waals surface area contributed by atoms with Gasteiger partial charge in [0, 0.05) is 12.6 Å². The molecule has 0 aromatic heterocycles. The Balaban J connectivity index is 2.05. The maximum Gasteiger partial charge on any atom is 0.0229 e. The minimum atomic E-state index is 0.309. The van der Waals surface area contributed by atoms with Crippen LogP contribution in [-0.4, -0.2) is 19.1 Å². The number of hydrogen-bond donors (Lipinski definition) is 2. The zero-order chi connectivity index (χ0) is 8.10. The summed E-state index contributed by atoms with van der Waals surface area (Å²) in [6.07, 6.45) is 6.67. The Kier molecular flexibility index (Phi) is 3.60. The second-order valence-corrected chi connectivity index (χ2v) is 3.25. The zero-order valence-electron chi connectivity index (χ0n) is 7.22. The van der Waals surface area contributed by atoms with Gasteiger partial charge in [0.25, 0.3) is 0 Å². The molecule has 11 heavy (non-hydrogen) atoms. The van der Waals surface area contributed by atoms with Crippen LogP contribution in [0.1, 0.15) is 19.8 Å². The highest BCUT2D eigenvalue weighted by molar-refractivity contribution is 5.04. The molecule has 1 rings (SSSR count). The van der Waals surface area contributed by atoms with E-state index in [0.29, 0.717) is 12.0 Å². The van der Waals surface area contributed by atoms with Gasteiger partial charge in [0.1, 0.15) is 0 Å². The van der Waals surface area contributed by atoms with Crippen molar-refractivity contribution < 1.29 is 0 Å². The summed E-state index contributed by atoms with van der Waals surface area (Å²) >= 11 is 0. The average Bonchev–Trinajstić information content (AvgIpc) is 2.37. The third-order valence-electron chi connectivity index (χ3n) is 2.04. The lowest BCUT2D eigenvalue weighted by molar-refractivity contribution is 0.527. The van der Waals surface area contributed by atoms with Crippen LogP contribution in [0.5, 0.6) is 0 Å². The molecule has 2 nitrogen and oxygen atoms in total. The molecule has 3 N–H and O–H groups in total. The van der Waals surface area contributed by atoms with Crippen LogP contribution in [0, 0.1) is 5.92 Å². The topological polar surface area (TPSA) is 38.0 Å². The predicted molar refractivity (Wildman–Crippen MR) is 48.4 cm³/mol. The van der Waals surface area contributed by atoms with Gasteiger partial charge >= 0.3 is 0 Å². The van der Waals surface area contributed by atoms with E-state index < -0.39 is 0 Å². The van der Waals surface area contributed by atoms with Gasteiger partial charge in [0.2, 0.25) is 0 Å². The Bertz CT molecular complexity index is 132. The van der Waals surface area contributed by atoms with Crippen molar-refractivity contribution in [3.63, 3.8) is 0 Å². The Morgan fingerprint density at radius 2 is 2.36 bits per heavy atom. The van der Waals surface area contributed by atoms with Gasteiger partial charge in [0.05, 0.1) is 0 Å². The minimum Gasteiger partial charge on any atom is -0.324 e. The van der Waals surface area contributed by atoms with E-state index in [9.17, 15) is 0 Å². The van der Waals surface area contributed by atoms with Gasteiger partial charge in [-0.1, -0.05) is 19.1 Å². The van der Waals surface area contributed by atoms with Gasteiger partial charge in [-0.3, -0.25) is 0 Å². The second-order valence-electron chi connectivity index (χ2n) is 3.25. The van der Waals surface area contributed by atoms with E-state index in [0.717, 1.165) is 19.5 Å². The van der Waals surface area contributed by atoms with Crippen molar-refractivity contribution in [1.29, 1.82) is 0 Å². The molecule has 1 aliphatic carbocycles. The number of rotatable bonds is 4. The average molecular weight is 154 g/mol. The maximum atomic E-state index is 5.71. The third-order valence-corrected chi connectivity index (χ3v) is 2.04. The highest BCUT2D eigenvalue weighted by Crippen LogP contribution is 2.14. The normalized spacial score (nSPS) is 29.6. The Labute approximate surface area is 68.9 Å². The summed E-state index contributed by atoms with van der Waals surface area (Å²) in [5.41, 5.74) is 5.71. The fourth-order valence-electron chi connectivity index (χ4n) is 1.42. The van der Waals surface area contributed by atoms with Crippen LogP contribution in [0.25, 0.3) is 0 Å². The highest BCUT2D eigenvalue weighted by atomic mass is 14.9. The molecule has 0 aromatic carbocycles. The summed E-state index contributed by atoms with van der Waals surface area (Å²) in [5.74, 6) is 0.677. The molecule has 0 saturated carbocycles. The van der Waals surface area contributed by atoms with Crippen LogP contribution >= 0.6 is 0 Å². The third kappa shape index (κ3) is 3.04. The van der Waals surface area contributed by atoms with Crippen LogP contribution in [-0.2, 0) is 0 Å². The minimum absolute atomic E-state index is 0.309. The quantitative estimate of drug-likeness (QED) is 0.466. The van der Waals surface area contributed by atoms with Crippen molar-refractivity contribution in [1.82, 2.24) is 5.32 Å². The van der Waals surface area contributed by atoms with Crippen molar-refractivity contribution in [2.45, 2.75) is 25.8 Å². The molecule has 0 saturated heterocycles. The molecule has 2 heteroatoms.